The number of carbonyl (C=O) groups excluding carboxylic acids is 3. The summed E-state index contributed by atoms with van der Waals surface area (Å²) in [5, 5.41) is 13.9. The maximum Gasteiger partial charge on any atom is 0.272 e. The summed E-state index contributed by atoms with van der Waals surface area (Å²) in [4.78, 5) is 46.6. The van der Waals surface area contributed by atoms with E-state index in [0.717, 1.165) is 25.7 Å². The van der Waals surface area contributed by atoms with Crippen LogP contribution in [0.15, 0.2) is 18.2 Å². The highest BCUT2D eigenvalue weighted by Gasteiger charge is 2.15. The van der Waals surface area contributed by atoms with Crippen molar-refractivity contribution in [3.05, 3.63) is 39.4 Å². The molecule has 34 heavy (non-hydrogen) atoms. The van der Waals surface area contributed by atoms with Gasteiger partial charge in [0.15, 0.2) is 0 Å². The van der Waals surface area contributed by atoms with Crippen molar-refractivity contribution in [3.8, 4) is 0 Å². The van der Waals surface area contributed by atoms with Gasteiger partial charge in [-0.25, -0.2) is 0 Å². The topological polar surface area (TPSA) is 140 Å². The summed E-state index contributed by atoms with van der Waals surface area (Å²) in [6, 6.07) is 4.03. The molecule has 0 radical (unpaired) electrons. The molecule has 3 amide bonds. The van der Waals surface area contributed by atoms with Gasteiger partial charge in [-0.3, -0.25) is 35.3 Å². The zero-order chi connectivity index (χ0) is 24.8. The summed E-state index contributed by atoms with van der Waals surface area (Å²) in [7, 11) is 0. The minimum atomic E-state index is -0.620. The van der Waals surface area contributed by atoms with Crippen LogP contribution in [0.5, 0.6) is 0 Å². The lowest BCUT2D eigenvalue weighted by Gasteiger charge is -2.19. The maximum absolute atomic E-state index is 12.2. The predicted octanol–water partition coefficient (Wildman–Crippen LogP) is 3.47. The van der Waals surface area contributed by atoms with Crippen LogP contribution in [0.3, 0.4) is 0 Å². The third-order valence-corrected chi connectivity index (χ3v) is 5.91. The highest BCUT2D eigenvalue weighted by molar-refractivity contribution is 5.96. The van der Waals surface area contributed by atoms with Gasteiger partial charge in [0.2, 0.25) is 5.91 Å². The van der Waals surface area contributed by atoms with Crippen molar-refractivity contribution in [2.75, 3.05) is 13.2 Å². The van der Waals surface area contributed by atoms with Gasteiger partial charge in [-0.15, -0.1) is 0 Å². The monoisotopic (exact) mass is 476 g/mol. The number of nitro benzene ring substituents is 1. The number of amides is 3. The molecule has 0 atom stereocenters. The molecule has 1 aliphatic rings. The smallest absolute Gasteiger partial charge is 0.272 e. The Bertz CT molecular complexity index is 833. The minimum Gasteiger partial charge on any atom is -0.362 e. The van der Waals surface area contributed by atoms with E-state index in [2.05, 4.69) is 16.2 Å². The lowest BCUT2D eigenvalue weighted by Crippen LogP contribution is -2.44. The molecule has 1 aliphatic carbocycles. The van der Waals surface area contributed by atoms with E-state index >= 15 is 0 Å². The quantitative estimate of drug-likeness (QED) is 0.407. The molecule has 1 fully saturated rings. The van der Waals surface area contributed by atoms with Crippen molar-refractivity contribution in [1.82, 2.24) is 16.2 Å². The Hall–Kier alpha value is -3.01. The van der Waals surface area contributed by atoms with Crippen molar-refractivity contribution >= 4 is 23.4 Å². The number of carbonyl (C=O) groups is 3. The van der Waals surface area contributed by atoms with E-state index in [1.54, 1.807) is 0 Å². The van der Waals surface area contributed by atoms with Gasteiger partial charge >= 0.3 is 0 Å². The van der Waals surface area contributed by atoms with E-state index in [4.69, 9.17) is 4.74 Å². The van der Waals surface area contributed by atoms with Crippen LogP contribution in [0.1, 0.15) is 86.6 Å². The number of nitro groups is 1. The second kappa shape index (κ2) is 15.0. The van der Waals surface area contributed by atoms with Crippen LogP contribution in [0.25, 0.3) is 0 Å². The Labute approximate surface area is 200 Å². The molecule has 1 saturated carbocycles. The molecule has 0 unspecified atom stereocenters. The number of benzene rings is 1. The van der Waals surface area contributed by atoms with Gasteiger partial charge in [0.25, 0.3) is 17.5 Å². The van der Waals surface area contributed by atoms with E-state index in [1.165, 1.54) is 70.1 Å². The normalized spacial score (nSPS) is 15.9. The minimum absolute atomic E-state index is 0.0938. The Morgan fingerprint density at radius 2 is 1.47 bits per heavy atom. The molecule has 1 aromatic carbocycles. The van der Waals surface area contributed by atoms with Gasteiger partial charge in [0.1, 0.15) is 13.2 Å². The van der Waals surface area contributed by atoms with Crippen molar-refractivity contribution < 1.29 is 24.0 Å². The number of nitrogens with zero attached hydrogens (tertiary/aromatic N) is 1. The molecule has 1 aromatic rings. The van der Waals surface area contributed by atoms with E-state index in [1.807, 2.05) is 0 Å². The van der Waals surface area contributed by atoms with Crippen LogP contribution in [0.2, 0.25) is 0 Å². The molecule has 2 rings (SSSR count). The molecular weight excluding hydrogens is 440 g/mol. The molecule has 10 heteroatoms. The summed E-state index contributed by atoms with van der Waals surface area (Å²) >= 11 is 0. The molecular formula is C24H36N4O6. The Balaban J connectivity index is 1.67. The van der Waals surface area contributed by atoms with Crippen molar-refractivity contribution in [2.45, 2.75) is 83.6 Å². The lowest BCUT2D eigenvalue weighted by atomic mass is 9.98. The van der Waals surface area contributed by atoms with Gasteiger partial charge < -0.3 is 10.1 Å². The average Bonchev–Trinajstić information content (AvgIpc) is 2.79. The molecule has 0 spiro atoms. The number of rotatable bonds is 7. The standard InChI is InChI=1S/C24H36N4O6/c1-18-15-19(13-14-21(18)28(32)33)24(31)27-26-23(30)17-34-16-22(29)25-20-11-9-7-5-3-2-4-6-8-10-12-20/h13-15,20H,2-12,16-17H2,1H3,(H,25,29)(H,26,30)(H,27,31). The maximum atomic E-state index is 12.2. The molecule has 0 aromatic heterocycles. The van der Waals surface area contributed by atoms with Crippen molar-refractivity contribution in [3.63, 3.8) is 0 Å². The van der Waals surface area contributed by atoms with Gasteiger partial charge in [0.05, 0.1) is 4.92 Å². The first-order chi connectivity index (χ1) is 16.4. The van der Waals surface area contributed by atoms with Crippen LogP contribution in [-0.2, 0) is 14.3 Å². The van der Waals surface area contributed by atoms with E-state index < -0.39 is 23.3 Å². The second-order valence-electron chi connectivity index (χ2n) is 8.78. The number of ether oxygens (including phenoxy) is 1. The summed E-state index contributed by atoms with van der Waals surface area (Å²) < 4.78 is 5.18. The zero-order valence-corrected chi connectivity index (χ0v) is 19.9. The molecule has 10 nitrogen and oxygen atoms in total. The largest absolute Gasteiger partial charge is 0.362 e. The summed E-state index contributed by atoms with van der Waals surface area (Å²) in [6.07, 6.45) is 12.9. The number of hydrogen-bond donors (Lipinski definition) is 3. The lowest BCUT2D eigenvalue weighted by molar-refractivity contribution is -0.385. The zero-order valence-electron chi connectivity index (χ0n) is 19.9. The fraction of sp³-hybridized carbons (Fsp3) is 0.625. The molecule has 0 saturated heterocycles. The summed E-state index contributed by atoms with van der Waals surface area (Å²) in [6.45, 7) is 0.895. The van der Waals surface area contributed by atoms with Gasteiger partial charge in [-0.2, -0.15) is 0 Å². The van der Waals surface area contributed by atoms with Gasteiger partial charge in [0, 0.05) is 23.2 Å². The molecule has 188 valence electrons. The number of hydrazine groups is 1. The molecule has 0 heterocycles. The predicted molar refractivity (Wildman–Crippen MR) is 127 cm³/mol. The SMILES string of the molecule is Cc1cc(C(=O)NNC(=O)COCC(=O)NC2CCCCCCCCCCC2)ccc1[N+](=O)[O-]. The Morgan fingerprint density at radius 3 is 2.03 bits per heavy atom. The second-order valence-corrected chi connectivity index (χ2v) is 8.78. The molecule has 3 N–H and O–H groups in total. The first-order valence-electron chi connectivity index (χ1n) is 12.1. The van der Waals surface area contributed by atoms with Gasteiger partial charge in [-0.1, -0.05) is 57.8 Å². The highest BCUT2D eigenvalue weighted by atomic mass is 16.6. The number of nitrogens with one attached hydrogen (secondary N) is 3. The fourth-order valence-corrected chi connectivity index (χ4v) is 4.05. The van der Waals surface area contributed by atoms with Crippen LogP contribution in [-0.4, -0.2) is 41.9 Å². The molecule has 0 aliphatic heterocycles. The first-order valence-corrected chi connectivity index (χ1v) is 12.1. The molecule has 0 bridgehead atoms. The van der Waals surface area contributed by atoms with Crippen LogP contribution in [0.4, 0.5) is 5.69 Å². The van der Waals surface area contributed by atoms with Crippen LogP contribution >= 0.6 is 0 Å². The van der Waals surface area contributed by atoms with Crippen molar-refractivity contribution in [2.24, 2.45) is 0 Å². The fourth-order valence-electron chi connectivity index (χ4n) is 4.05. The summed E-state index contributed by atoms with van der Waals surface area (Å²) in [5.41, 5.74) is 4.83. The first kappa shape index (κ1) is 27.2. The van der Waals surface area contributed by atoms with E-state index in [9.17, 15) is 24.5 Å². The average molecular weight is 477 g/mol. The van der Waals surface area contributed by atoms with E-state index in [0.29, 0.717) is 5.56 Å². The third kappa shape index (κ3) is 10.3. The van der Waals surface area contributed by atoms with E-state index in [-0.39, 0.29) is 29.8 Å². The number of hydrogen-bond acceptors (Lipinski definition) is 6. The van der Waals surface area contributed by atoms with Crippen LogP contribution < -0.4 is 16.2 Å². The van der Waals surface area contributed by atoms with Crippen LogP contribution in [0, 0.1) is 17.0 Å². The summed E-state index contributed by atoms with van der Waals surface area (Å²) in [5.74, 6) is -1.49. The highest BCUT2D eigenvalue weighted by Crippen LogP contribution is 2.19. The Morgan fingerprint density at radius 1 is 0.912 bits per heavy atom. The van der Waals surface area contributed by atoms with Crippen molar-refractivity contribution in [1.29, 1.82) is 0 Å². The van der Waals surface area contributed by atoms with Gasteiger partial charge in [-0.05, 0) is 31.9 Å². The third-order valence-electron chi connectivity index (χ3n) is 5.91. The Kier molecular flexibility index (Phi) is 12.0. The number of aryl methyl sites for hydroxylation is 1.